The highest BCUT2D eigenvalue weighted by Gasteiger charge is 2.32. The summed E-state index contributed by atoms with van der Waals surface area (Å²) in [6.45, 7) is 4.88. The van der Waals surface area contributed by atoms with E-state index >= 15 is 0 Å². The normalized spacial score (nSPS) is 17.8. The standard InChI is InChI=1S/C19H20N2O3/c1-12-5-6-15-14(11-23-19(15)13(12)2)10-18(22)21-8-3-4-17(21)16-7-9-24-20-16/h5-7,9,11,17H,3-4,8,10H2,1-2H3/t17-/m0/s1. The van der Waals surface area contributed by atoms with Gasteiger partial charge in [0.25, 0.3) is 0 Å². The molecule has 0 saturated carbocycles. The fraction of sp³-hybridized carbons (Fsp3) is 0.368. The van der Waals surface area contributed by atoms with Crippen LogP contribution in [-0.2, 0) is 11.2 Å². The maximum Gasteiger partial charge on any atom is 0.227 e. The number of rotatable bonds is 3. The van der Waals surface area contributed by atoms with Gasteiger partial charge in [0.15, 0.2) is 0 Å². The van der Waals surface area contributed by atoms with Crippen LogP contribution in [0, 0.1) is 13.8 Å². The first-order valence-corrected chi connectivity index (χ1v) is 8.31. The number of amides is 1. The van der Waals surface area contributed by atoms with E-state index in [2.05, 4.69) is 18.1 Å². The molecule has 124 valence electrons. The zero-order valence-electron chi connectivity index (χ0n) is 13.9. The first kappa shape index (κ1) is 15.0. The van der Waals surface area contributed by atoms with E-state index in [1.165, 1.54) is 5.56 Å². The van der Waals surface area contributed by atoms with E-state index in [-0.39, 0.29) is 11.9 Å². The van der Waals surface area contributed by atoms with Gasteiger partial charge >= 0.3 is 0 Å². The summed E-state index contributed by atoms with van der Waals surface area (Å²) in [6.07, 6.45) is 5.56. The van der Waals surface area contributed by atoms with Crippen LogP contribution < -0.4 is 0 Å². The lowest BCUT2D eigenvalue weighted by atomic mass is 10.0. The Morgan fingerprint density at radius 1 is 1.33 bits per heavy atom. The number of hydrogen-bond acceptors (Lipinski definition) is 4. The van der Waals surface area contributed by atoms with Crippen LogP contribution in [0.3, 0.4) is 0 Å². The molecule has 0 bridgehead atoms. The minimum atomic E-state index is 0.0263. The fourth-order valence-corrected chi connectivity index (χ4v) is 3.56. The molecule has 0 radical (unpaired) electrons. The molecule has 1 atom stereocenters. The number of benzene rings is 1. The zero-order chi connectivity index (χ0) is 16.7. The summed E-state index contributed by atoms with van der Waals surface area (Å²) < 4.78 is 10.7. The fourth-order valence-electron chi connectivity index (χ4n) is 3.56. The number of hydrogen-bond donors (Lipinski definition) is 0. The van der Waals surface area contributed by atoms with E-state index in [4.69, 9.17) is 8.94 Å². The van der Waals surface area contributed by atoms with Crippen molar-refractivity contribution in [2.75, 3.05) is 6.54 Å². The molecular formula is C19H20N2O3. The Morgan fingerprint density at radius 3 is 3.00 bits per heavy atom. The Hall–Kier alpha value is -2.56. The van der Waals surface area contributed by atoms with Crippen LogP contribution >= 0.6 is 0 Å². The van der Waals surface area contributed by atoms with Crippen LogP contribution in [-0.4, -0.2) is 22.5 Å². The van der Waals surface area contributed by atoms with Crippen molar-refractivity contribution in [1.29, 1.82) is 0 Å². The van der Waals surface area contributed by atoms with Crippen molar-refractivity contribution >= 4 is 16.9 Å². The smallest absolute Gasteiger partial charge is 0.227 e. The van der Waals surface area contributed by atoms with Gasteiger partial charge in [0, 0.05) is 23.6 Å². The van der Waals surface area contributed by atoms with Crippen LogP contribution in [0.15, 0.2) is 39.7 Å². The summed E-state index contributed by atoms with van der Waals surface area (Å²) in [5.41, 5.74) is 4.99. The van der Waals surface area contributed by atoms with Gasteiger partial charge in [-0.1, -0.05) is 17.3 Å². The summed E-state index contributed by atoms with van der Waals surface area (Å²) in [5, 5.41) is 5.04. The molecule has 1 aliphatic rings. The molecule has 1 aromatic carbocycles. The lowest BCUT2D eigenvalue weighted by Crippen LogP contribution is -2.31. The molecule has 2 aromatic heterocycles. The van der Waals surface area contributed by atoms with Crippen molar-refractivity contribution in [2.24, 2.45) is 0 Å². The van der Waals surface area contributed by atoms with E-state index < -0.39 is 0 Å². The van der Waals surface area contributed by atoms with Crippen LogP contribution in [0.25, 0.3) is 11.0 Å². The highest BCUT2D eigenvalue weighted by molar-refractivity contribution is 5.89. The molecule has 5 nitrogen and oxygen atoms in total. The molecule has 0 spiro atoms. The third-order valence-electron chi connectivity index (χ3n) is 5.06. The van der Waals surface area contributed by atoms with Crippen molar-refractivity contribution in [3.63, 3.8) is 0 Å². The second-order valence-corrected chi connectivity index (χ2v) is 6.49. The van der Waals surface area contributed by atoms with Gasteiger partial charge in [-0.25, -0.2) is 0 Å². The van der Waals surface area contributed by atoms with Crippen LogP contribution in [0.4, 0.5) is 0 Å². The number of carbonyl (C=O) groups excluding carboxylic acids is 1. The molecule has 3 heterocycles. The van der Waals surface area contributed by atoms with E-state index in [9.17, 15) is 4.79 Å². The SMILES string of the molecule is Cc1ccc2c(CC(=O)N3CCC[C@H]3c3ccon3)coc2c1C. The van der Waals surface area contributed by atoms with Gasteiger partial charge < -0.3 is 13.8 Å². The second kappa shape index (κ2) is 5.82. The molecule has 3 aromatic rings. The Bertz CT molecular complexity index is 880. The predicted octanol–water partition coefficient (Wildman–Crippen LogP) is 3.94. The highest BCUT2D eigenvalue weighted by atomic mass is 16.5. The summed E-state index contributed by atoms with van der Waals surface area (Å²) in [7, 11) is 0. The maximum absolute atomic E-state index is 12.8. The molecule has 0 N–H and O–H groups in total. The van der Waals surface area contributed by atoms with Gasteiger partial charge in [-0.3, -0.25) is 4.79 Å². The number of carbonyl (C=O) groups is 1. The Balaban J connectivity index is 1.59. The minimum Gasteiger partial charge on any atom is -0.464 e. The molecule has 5 heteroatoms. The van der Waals surface area contributed by atoms with Gasteiger partial charge in [0.05, 0.1) is 18.7 Å². The molecule has 1 aliphatic heterocycles. The third-order valence-corrected chi connectivity index (χ3v) is 5.06. The third kappa shape index (κ3) is 2.40. The van der Waals surface area contributed by atoms with Crippen molar-refractivity contribution < 1.29 is 13.7 Å². The number of fused-ring (bicyclic) bond motifs is 1. The highest BCUT2D eigenvalue weighted by Crippen LogP contribution is 2.32. The molecule has 24 heavy (non-hydrogen) atoms. The first-order valence-electron chi connectivity index (χ1n) is 8.31. The molecule has 0 unspecified atom stereocenters. The summed E-state index contributed by atoms with van der Waals surface area (Å²) >= 11 is 0. The number of furan rings is 1. The van der Waals surface area contributed by atoms with Crippen molar-refractivity contribution in [3.05, 3.63) is 53.1 Å². The van der Waals surface area contributed by atoms with Gasteiger partial charge in [0.2, 0.25) is 5.91 Å². The number of aryl methyl sites for hydroxylation is 2. The van der Waals surface area contributed by atoms with Crippen LogP contribution in [0.5, 0.6) is 0 Å². The molecule has 4 rings (SSSR count). The molecular weight excluding hydrogens is 304 g/mol. The van der Waals surface area contributed by atoms with E-state index in [0.29, 0.717) is 6.42 Å². The summed E-state index contributed by atoms with van der Waals surface area (Å²) in [4.78, 5) is 14.8. The van der Waals surface area contributed by atoms with Crippen LogP contribution in [0.1, 0.15) is 41.3 Å². The van der Waals surface area contributed by atoms with E-state index in [0.717, 1.165) is 47.2 Å². The minimum absolute atomic E-state index is 0.0263. The van der Waals surface area contributed by atoms with Crippen molar-refractivity contribution in [3.8, 4) is 0 Å². The summed E-state index contributed by atoms with van der Waals surface area (Å²) in [6, 6.07) is 5.99. The molecule has 0 aliphatic carbocycles. The quantitative estimate of drug-likeness (QED) is 0.732. The van der Waals surface area contributed by atoms with Crippen LogP contribution in [0.2, 0.25) is 0 Å². The Morgan fingerprint density at radius 2 is 2.21 bits per heavy atom. The average molecular weight is 324 g/mol. The van der Waals surface area contributed by atoms with Gasteiger partial charge in [-0.05, 0) is 37.8 Å². The molecule has 1 fully saturated rings. The monoisotopic (exact) mass is 324 g/mol. The topological polar surface area (TPSA) is 59.5 Å². The van der Waals surface area contributed by atoms with Gasteiger partial charge in [-0.15, -0.1) is 0 Å². The lowest BCUT2D eigenvalue weighted by Gasteiger charge is -2.22. The van der Waals surface area contributed by atoms with Crippen molar-refractivity contribution in [1.82, 2.24) is 10.1 Å². The lowest BCUT2D eigenvalue weighted by molar-refractivity contribution is -0.131. The van der Waals surface area contributed by atoms with Crippen molar-refractivity contribution in [2.45, 2.75) is 39.2 Å². The number of nitrogens with zero attached hydrogens (tertiary/aromatic N) is 2. The van der Waals surface area contributed by atoms with E-state index in [1.807, 2.05) is 24.0 Å². The average Bonchev–Trinajstić information content (AvgIpc) is 3.30. The van der Waals surface area contributed by atoms with E-state index in [1.54, 1.807) is 12.5 Å². The largest absolute Gasteiger partial charge is 0.464 e. The number of aromatic nitrogens is 1. The maximum atomic E-state index is 12.8. The Kier molecular flexibility index (Phi) is 3.63. The second-order valence-electron chi connectivity index (χ2n) is 6.49. The first-order chi connectivity index (χ1) is 11.6. The van der Waals surface area contributed by atoms with Gasteiger partial charge in [0.1, 0.15) is 17.5 Å². The summed E-state index contributed by atoms with van der Waals surface area (Å²) in [5.74, 6) is 0.112. The zero-order valence-corrected chi connectivity index (χ0v) is 13.9. The molecule has 1 amide bonds. The predicted molar refractivity (Wildman–Crippen MR) is 89.6 cm³/mol. The number of likely N-dealkylation sites (tertiary alicyclic amines) is 1. The van der Waals surface area contributed by atoms with Gasteiger partial charge in [-0.2, -0.15) is 0 Å². The molecule has 1 saturated heterocycles. The Labute approximate surface area is 140 Å².